The van der Waals surface area contributed by atoms with Gasteiger partial charge in [0, 0.05) is 19.5 Å². The van der Waals surface area contributed by atoms with Crippen LogP contribution >= 0.6 is 0 Å². The Labute approximate surface area is 268 Å². The largest absolute Gasteiger partial charge is 0.354 e. The molecule has 4 aromatic rings. The molecule has 45 heavy (non-hydrogen) atoms. The molecule has 0 aromatic heterocycles. The van der Waals surface area contributed by atoms with E-state index in [0.717, 1.165) is 40.7 Å². The third kappa shape index (κ3) is 8.39. The highest BCUT2D eigenvalue weighted by Gasteiger charge is 2.35. The lowest BCUT2D eigenvalue weighted by molar-refractivity contribution is -0.140. The van der Waals surface area contributed by atoms with Crippen molar-refractivity contribution in [2.75, 3.05) is 17.4 Å². The Bertz CT molecular complexity index is 1690. The Hall–Kier alpha value is -4.43. The first kappa shape index (κ1) is 33.5. The molecule has 4 rings (SSSR count). The van der Waals surface area contributed by atoms with Gasteiger partial charge in [-0.15, -0.1) is 0 Å². The average Bonchev–Trinajstić information content (AvgIpc) is 3.04. The van der Waals surface area contributed by atoms with Crippen LogP contribution in [0, 0.1) is 20.8 Å². The molecule has 0 heterocycles. The lowest BCUT2D eigenvalue weighted by Gasteiger charge is -2.34. The molecule has 0 radical (unpaired) electrons. The number of hydrogen-bond donors (Lipinski definition) is 1. The number of benzene rings is 4. The van der Waals surface area contributed by atoms with E-state index >= 15 is 0 Å². The average molecular weight is 626 g/mol. The van der Waals surface area contributed by atoms with Crippen LogP contribution in [-0.4, -0.2) is 44.3 Å². The fraction of sp³-hybridized carbons (Fsp3) is 0.297. The van der Waals surface area contributed by atoms with Crippen molar-refractivity contribution in [3.63, 3.8) is 0 Å². The molecule has 0 fully saturated rings. The van der Waals surface area contributed by atoms with E-state index in [-0.39, 0.29) is 23.8 Å². The standard InChI is InChI=1S/C37H43N3O4S/c1-5-6-24-38-37(42)35(25-31-18-9-7-10-19-31)39(26-32-20-14-13-16-29(32)3)36(41)27-40(34-23-15-17-28(2)30(34)4)45(43,44)33-21-11-8-12-22-33/h7-23,35H,5-6,24-27H2,1-4H3,(H,38,42)/t35-/m1/s1. The minimum atomic E-state index is -4.14. The second kappa shape index (κ2) is 15.5. The van der Waals surface area contributed by atoms with Crippen LogP contribution in [0.1, 0.15) is 47.6 Å². The minimum absolute atomic E-state index is 0.0855. The molecule has 0 bridgehead atoms. The van der Waals surface area contributed by atoms with Crippen molar-refractivity contribution in [3.8, 4) is 0 Å². The summed E-state index contributed by atoms with van der Waals surface area (Å²) in [6.07, 6.45) is 2.01. The molecule has 0 unspecified atom stereocenters. The van der Waals surface area contributed by atoms with E-state index in [1.807, 2.05) is 81.4 Å². The zero-order valence-electron chi connectivity index (χ0n) is 26.6. The van der Waals surface area contributed by atoms with Crippen LogP contribution in [0.5, 0.6) is 0 Å². The van der Waals surface area contributed by atoms with Crippen molar-refractivity contribution in [2.45, 2.75) is 64.4 Å². The van der Waals surface area contributed by atoms with E-state index in [1.54, 1.807) is 35.2 Å². The van der Waals surface area contributed by atoms with Crippen LogP contribution < -0.4 is 9.62 Å². The molecule has 0 saturated carbocycles. The van der Waals surface area contributed by atoms with Crippen molar-refractivity contribution in [1.82, 2.24) is 10.2 Å². The predicted molar refractivity (Wildman–Crippen MR) is 180 cm³/mol. The summed E-state index contributed by atoms with van der Waals surface area (Å²) >= 11 is 0. The van der Waals surface area contributed by atoms with Crippen LogP contribution in [0.2, 0.25) is 0 Å². The van der Waals surface area contributed by atoms with Gasteiger partial charge in [-0.1, -0.05) is 98.3 Å². The molecule has 8 heteroatoms. The Morgan fingerprint density at radius 2 is 1.40 bits per heavy atom. The van der Waals surface area contributed by atoms with Crippen molar-refractivity contribution < 1.29 is 18.0 Å². The molecule has 0 aliphatic carbocycles. The number of sulfonamides is 1. The number of nitrogens with one attached hydrogen (secondary N) is 1. The molecule has 236 valence electrons. The van der Waals surface area contributed by atoms with Gasteiger partial charge in [0.2, 0.25) is 11.8 Å². The Balaban J connectivity index is 1.82. The van der Waals surface area contributed by atoms with Crippen molar-refractivity contribution >= 4 is 27.5 Å². The second-order valence-corrected chi connectivity index (χ2v) is 13.2. The summed E-state index contributed by atoms with van der Waals surface area (Å²) in [7, 11) is -4.14. The van der Waals surface area contributed by atoms with Gasteiger partial charge < -0.3 is 10.2 Å². The maximum atomic E-state index is 14.6. The van der Waals surface area contributed by atoms with Gasteiger partial charge in [0.1, 0.15) is 12.6 Å². The fourth-order valence-corrected chi connectivity index (χ4v) is 6.76. The predicted octanol–water partition coefficient (Wildman–Crippen LogP) is 6.36. The third-order valence-electron chi connectivity index (χ3n) is 8.16. The van der Waals surface area contributed by atoms with Gasteiger partial charge in [-0.3, -0.25) is 13.9 Å². The number of amides is 2. The van der Waals surface area contributed by atoms with E-state index in [2.05, 4.69) is 12.2 Å². The van der Waals surface area contributed by atoms with Gasteiger partial charge in [-0.05, 0) is 73.2 Å². The Morgan fingerprint density at radius 1 is 0.778 bits per heavy atom. The lowest BCUT2D eigenvalue weighted by Crippen LogP contribution is -2.53. The summed E-state index contributed by atoms with van der Waals surface area (Å²) in [5.74, 6) is -0.733. The van der Waals surface area contributed by atoms with Crippen LogP contribution in [0.15, 0.2) is 108 Å². The van der Waals surface area contributed by atoms with Crippen molar-refractivity contribution in [3.05, 3.63) is 131 Å². The molecule has 2 amide bonds. The number of carbonyl (C=O) groups excluding carboxylic acids is 2. The second-order valence-electron chi connectivity index (χ2n) is 11.3. The Morgan fingerprint density at radius 3 is 2.07 bits per heavy atom. The summed E-state index contributed by atoms with van der Waals surface area (Å²) in [5, 5.41) is 3.03. The van der Waals surface area contributed by atoms with Gasteiger partial charge in [0.15, 0.2) is 0 Å². The van der Waals surface area contributed by atoms with Gasteiger partial charge >= 0.3 is 0 Å². The quantitative estimate of drug-likeness (QED) is 0.165. The zero-order chi connectivity index (χ0) is 32.4. The molecule has 1 atom stereocenters. The number of aryl methyl sites for hydroxylation is 2. The van der Waals surface area contributed by atoms with Gasteiger partial charge in [0.25, 0.3) is 10.0 Å². The maximum absolute atomic E-state index is 14.6. The molecule has 1 N–H and O–H groups in total. The minimum Gasteiger partial charge on any atom is -0.354 e. The summed E-state index contributed by atoms with van der Waals surface area (Å²) in [6.45, 7) is 7.95. The zero-order valence-corrected chi connectivity index (χ0v) is 27.4. The number of nitrogens with zero attached hydrogens (tertiary/aromatic N) is 2. The van der Waals surface area contributed by atoms with E-state index < -0.39 is 28.5 Å². The number of unbranched alkanes of at least 4 members (excludes halogenated alkanes) is 1. The number of anilines is 1. The van der Waals surface area contributed by atoms with E-state index in [1.165, 1.54) is 16.4 Å². The van der Waals surface area contributed by atoms with Gasteiger partial charge in [0.05, 0.1) is 10.6 Å². The molecule has 0 aliphatic heterocycles. The molecule has 7 nitrogen and oxygen atoms in total. The van der Waals surface area contributed by atoms with Gasteiger partial charge in [-0.25, -0.2) is 8.42 Å². The monoisotopic (exact) mass is 625 g/mol. The fourth-order valence-electron chi connectivity index (χ4n) is 5.27. The van der Waals surface area contributed by atoms with E-state index in [4.69, 9.17) is 0 Å². The first-order chi connectivity index (χ1) is 21.6. The smallest absolute Gasteiger partial charge is 0.264 e. The highest BCUT2D eigenvalue weighted by atomic mass is 32.2. The summed E-state index contributed by atoms with van der Waals surface area (Å²) in [4.78, 5) is 30.1. The topological polar surface area (TPSA) is 86.8 Å². The first-order valence-electron chi connectivity index (χ1n) is 15.4. The highest BCUT2D eigenvalue weighted by Crippen LogP contribution is 2.29. The van der Waals surface area contributed by atoms with E-state index in [9.17, 15) is 18.0 Å². The summed E-state index contributed by atoms with van der Waals surface area (Å²) < 4.78 is 29.6. The van der Waals surface area contributed by atoms with Gasteiger partial charge in [-0.2, -0.15) is 0 Å². The summed E-state index contributed by atoms with van der Waals surface area (Å²) in [5.41, 5.74) is 4.85. The molecule has 0 spiro atoms. The Kier molecular flexibility index (Phi) is 11.5. The molecular weight excluding hydrogens is 582 g/mol. The highest BCUT2D eigenvalue weighted by molar-refractivity contribution is 7.92. The molecule has 4 aromatic carbocycles. The maximum Gasteiger partial charge on any atom is 0.264 e. The molecular formula is C37H43N3O4S. The SMILES string of the molecule is CCCCNC(=O)[C@@H](Cc1ccccc1)N(Cc1ccccc1C)C(=O)CN(c1cccc(C)c1C)S(=O)(=O)c1ccccc1. The number of hydrogen-bond acceptors (Lipinski definition) is 4. The third-order valence-corrected chi connectivity index (χ3v) is 9.93. The number of rotatable bonds is 14. The van der Waals surface area contributed by atoms with Crippen LogP contribution in [0.4, 0.5) is 5.69 Å². The van der Waals surface area contributed by atoms with Crippen LogP contribution in [0.3, 0.4) is 0 Å². The normalized spacial score (nSPS) is 11.9. The first-order valence-corrected chi connectivity index (χ1v) is 16.9. The lowest BCUT2D eigenvalue weighted by atomic mass is 10.0. The van der Waals surface area contributed by atoms with E-state index in [0.29, 0.717) is 12.2 Å². The van der Waals surface area contributed by atoms with Crippen molar-refractivity contribution in [1.29, 1.82) is 0 Å². The summed E-state index contributed by atoms with van der Waals surface area (Å²) in [6, 6.07) is 30.0. The number of carbonyl (C=O) groups is 2. The van der Waals surface area contributed by atoms with Crippen LogP contribution in [-0.2, 0) is 32.6 Å². The molecule has 0 saturated heterocycles. The molecule has 0 aliphatic rings. The van der Waals surface area contributed by atoms with Crippen molar-refractivity contribution in [2.24, 2.45) is 0 Å². The van der Waals surface area contributed by atoms with Crippen LogP contribution in [0.25, 0.3) is 0 Å².